The summed E-state index contributed by atoms with van der Waals surface area (Å²) < 4.78 is 9.34. The highest BCUT2D eigenvalue weighted by atomic mass is 16.5. The fourth-order valence-corrected chi connectivity index (χ4v) is 6.39. The first-order chi connectivity index (χ1) is 25.3. The number of nitrogens with one attached hydrogen (secondary N) is 2. The lowest BCUT2D eigenvalue weighted by Gasteiger charge is -2.29. The van der Waals surface area contributed by atoms with E-state index in [9.17, 15) is 19.2 Å². The number of carbonyl (C=O) groups excluding carboxylic acids is 3. The second kappa shape index (κ2) is 23.9. The van der Waals surface area contributed by atoms with Crippen LogP contribution in [-0.2, 0) is 19.1 Å². The number of hydrogen-bond donors (Lipinski definition) is 2. The monoisotopic (exact) mass is 716 g/mol. The quantitative estimate of drug-likeness (QED) is 0.110. The summed E-state index contributed by atoms with van der Waals surface area (Å²) >= 11 is 0. The van der Waals surface area contributed by atoms with Gasteiger partial charge in [-0.2, -0.15) is 0 Å². The van der Waals surface area contributed by atoms with E-state index < -0.39 is 0 Å². The SMILES string of the molecule is CCCCC/C=C\[C@@H]1C[C@H]1NC=O.CCOC=O.COc1ccc2c(=O)cc(-c3ccccc3)[nH]c2c1.C[C@@H]1CCCN1C(=O)CN1CCCCC1. The van der Waals surface area contributed by atoms with Gasteiger partial charge in [0, 0.05) is 41.8 Å². The zero-order valence-corrected chi connectivity index (χ0v) is 31.7. The molecule has 3 fully saturated rings. The lowest BCUT2D eigenvalue weighted by Crippen LogP contribution is -2.43. The number of H-pyrrole nitrogens is 1. The first kappa shape index (κ1) is 42.0. The summed E-state index contributed by atoms with van der Waals surface area (Å²) in [5.41, 5.74) is 2.59. The van der Waals surface area contributed by atoms with Gasteiger partial charge in [-0.25, -0.2) is 0 Å². The molecule has 2 amide bonds. The molecule has 0 unspecified atom stereocenters. The van der Waals surface area contributed by atoms with Crippen molar-refractivity contribution in [3.8, 4) is 17.0 Å². The number of allylic oxidation sites excluding steroid dienone is 1. The summed E-state index contributed by atoms with van der Waals surface area (Å²) in [5.74, 6) is 1.70. The molecule has 1 aromatic heterocycles. The normalized spacial score (nSPS) is 19.2. The zero-order valence-electron chi connectivity index (χ0n) is 31.7. The van der Waals surface area contributed by atoms with Crippen LogP contribution in [-0.4, -0.2) is 85.6 Å². The maximum atomic E-state index is 12.1. The van der Waals surface area contributed by atoms with Crippen molar-refractivity contribution in [3.05, 3.63) is 77.0 Å². The van der Waals surface area contributed by atoms with Crippen LogP contribution in [0.2, 0.25) is 0 Å². The summed E-state index contributed by atoms with van der Waals surface area (Å²) in [6, 6.07) is 17.7. The van der Waals surface area contributed by atoms with Crippen LogP contribution >= 0.6 is 0 Å². The third-order valence-electron chi connectivity index (χ3n) is 9.52. The van der Waals surface area contributed by atoms with Crippen LogP contribution in [0.5, 0.6) is 5.75 Å². The predicted octanol–water partition coefficient (Wildman–Crippen LogP) is 7.12. The number of pyridine rings is 1. The minimum Gasteiger partial charge on any atom is -0.497 e. The molecule has 3 aliphatic rings. The molecule has 3 heterocycles. The van der Waals surface area contributed by atoms with Crippen molar-refractivity contribution in [2.24, 2.45) is 5.92 Å². The highest BCUT2D eigenvalue weighted by Crippen LogP contribution is 2.31. The number of amides is 2. The number of methoxy groups -OCH3 is 1. The lowest BCUT2D eigenvalue weighted by atomic mass is 10.1. The second-order valence-electron chi connectivity index (χ2n) is 13.5. The average Bonchev–Trinajstić information content (AvgIpc) is 3.76. The minimum absolute atomic E-state index is 0.00950. The largest absolute Gasteiger partial charge is 0.497 e. The Balaban J connectivity index is 0.000000201. The Bertz CT molecular complexity index is 1570. The van der Waals surface area contributed by atoms with E-state index in [1.54, 1.807) is 32.2 Å². The molecular formula is C42H60N4O6. The number of nitrogens with zero attached hydrogens (tertiary/aromatic N) is 2. The van der Waals surface area contributed by atoms with Crippen LogP contribution in [0.25, 0.3) is 22.2 Å². The van der Waals surface area contributed by atoms with Gasteiger partial charge < -0.3 is 24.7 Å². The summed E-state index contributed by atoms with van der Waals surface area (Å²) in [7, 11) is 1.61. The van der Waals surface area contributed by atoms with E-state index in [4.69, 9.17) is 4.74 Å². The number of aromatic amines is 1. The lowest BCUT2D eigenvalue weighted by molar-refractivity contribution is -0.133. The van der Waals surface area contributed by atoms with Crippen molar-refractivity contribution in [1.29, 1.82) is 0 Å². The van der Waals surface area contributed by atoms with E-state index in [0.29, 0.717) is 48.9 Å². The molecule has 10 nitrogen and oxygen atoms in total. The number of unbranched alkanes of at least 4 members (excludes halogenated alkanes) is 3. The number of likely N-dealkylation sites (tertiary alicyclic amines) is 2. The molecule has 1 aliphatic carbocycles. The van der Waals surface area contributed by atoms with Crippen molar-refractivity contribution in [3.63, 3.8) is 0 Å². The number of aromatic nitrogens is 1. The fraction of sp³-hybridized carbons (Fsp3) is 0.524. The Kier molecular flexibility index (Phi) is 19.3. The van der Waals surface area contributed by atoms with Crippen molar-refractivity contribution in [2.45, 2.75) is 97.1 Å². The number of piperidine rings is 1. The second-order valence-corrected chi connectivity index (χ2v) is 13.5. The van der Waals surface area contributed by atoms with Gasteiger partial charge in [-0.05, 0) is 95.5 Å². The molecule has 2 aliphatic heterocycles. The molecule has 1 saturated carbocycles. The van der Waals surface area contributed by atoms with Crippen molar-refractivity contribution < 1.29 is 23.9 Å². The minimum atomic E-state index is 0.00950. The highest BCUT2D eigenvalue weighted by Gasteiger charge is 2.33. The zero-order chi connectivity index (χ0) is 37.6. The van der Waals surface area contributed by atoms with E-state index in [-0.39, 0.29) is 5.43 Å². The number of carbonyl (C=O) groups is 3. The third kappa shape index (κ3) is 14.7. The van der Waals surface area contributed by atoms with Crippen LogP contribution in [0.4, 0.5) is 0 Å². The van der Waals surface area contributed by atoms with Crippen molar-refractivity contribution >= 4 is 29.7 Å². The molecule has 2 N–H and O–H groups in total. The first-order valence-electron chi connectivity index (χ1n) is 19.0. The Morgan fingerprint density at radius 1 is 0.981 bits per heavy atom. The molecule has 6 rings (SSSR count). The number of ether oxygens (including phenoxy) is 2. The molecule has 10 heteroatoms. The molecular weight excluding hydrogens is 656 g/mol. The van der Waals surface area contributed by atoms with Crippen LogP contribution in [0.15, 0.2) is 71.5 Å². The van der Waals surface area contributed by atoms with E-state index in [2.05, 4.69) is 50.8 Å². The smallest absolute Gasteiger partial charge is 0.293 e. The number of rotatable bonds is 13. The van der Waals surface area contributed by atoms with Gasteiger partial charge in [0.2, 0.25) is 12.3 Å². The van der Waals surface area contributed by atoms with Crippen LogP contribution < -0.4 is 15.5 Å². The number of benzene rings is 2. The summed E-state index contributed by atoms with van der Waals surface area (Å²) in [6.07, 6.45) is 17.8. The Hall–Kier alpha value is -4.44. The average molecular weight is 717 g/mol. The molecule has 284 valence electrons. The van der Waals surface area contributed by atoms with Gasteiger partial charge >= 0.3 is 0 Å². The Morgan fingerprint density at radius 2 is 1.75 bits per heavy atom. The molecule has 3 aromatic rings. The Morgan fingerprint density at radius 3 is 2.37 bits per heavy atom. The van der Waals surface area contributed by atoms with Crippen molar-refractivity contribution in [2.75, 3.05) is 39.9 Å². The van der Waals surface area contributed by atoms with Crippen LogP contribution in [0, 0.1) is 5.92 Å². The van der Waals surface area contributed by atoms with E-state index >= 15 is 0 Å². The molecule has 2 saturated heterocycles. The molecule has 2 aromatic carbocycles. The molecule has 0 spiro atoms. The van der Waals surface area contributed by atoms with Crippen LogP contribution in [0.1, 0.15) is 85.0 Å². The highest BCUT2D eigenvalue weighted by molar-refractivity contribution is 5.82. The third-order valence-corrected chi connectivity index (χ3v) is 9.52. The van der Waals surface area contributed by atoms with Gasteiger partial charge in [0.1, 0.15) is 5.75 Å². The number of hydrogen-bond acceptors (Lipinski definition) is 7. The summed E-state index contributed by atoms with van der Waals surface area (Å²) in [6.45, 7) is 10.9. The molecule has 3 atom stereocenters. The first-order valence-corrected chi connectivity index (χ1v) is 19.0. The fourth-order valence-electron chi connectivity index (χ4n) is 6.39. The van der Waals surface area contributed by atoms with Crippen molar-refractivity contribution in [1.82, 2.24) is 20.1 Å². The standard InChI is InChI=1S/C16H13NO2.C12H22N2O.C11H19NO.C3H6O2/c1-19-12-7-8-13-15(9-12)17-14(10-16(13)18)11-5-3-2-4-6-11;1-11-6-5-9-14(11)12(15)10-13-7-3-2-4-8-13;1-2-3-4-5-6-7-10-8-11(10)12-9-13;1-2-5-3-4/h2-10H,1H3,(H,17,18);11H,2-10H2,1H3;6-7,9-11H,2-5,8H2,1H3,(H,12,13);3H,2H2,1H3/b;;7-6-;/t;11-;10-,11-;/m.11./s1. The van der Waals surface area contributed by atoms with Crippen LogP contribution in [0.3, 0.4) is 0 Å². The summed E-state index contributed by atoms with van der Waals surface area (Å²) in [5, 5.41) is 3.46. The van der Waals surface area contributed by atoms with E-state index in [0.717, 1.165) is 55.0 Å². The van der Waals surface area contributed by atoms with Gasteiger partial charge in [0.05, 0.1) is 25.8 Å². The van der Waals surface area contributed by atoms with Gasteiger partial charge in [-0.15, -0.1) is 0 Å². The maximum absolute atomic E-state index is 12.1. The van der Waals surface area contributed by atoms with Gasteiger partial charge in [-0.3, -0.25) is 24.1 Å². The van der Waals surface area contributed by atoms with E-state index in [1.807, 2.05) is 36.4 Å². The predicted molar refractivity (Wildman–Crippen MR) is 209 cm³/mol. The molecule has 52 heavy (non-hydrogen) atoms. The van der Waals surface area contributed by atoms with Gasteiger partial charge in [-0.1, -0.05) is 68.7 Å². The summed E-state index contributed by atoms with van der Waals surface area (Å²) in [4.78, 5) is 51.0. The molecule has 0 radical (unpaired) electrons. The topological polar surface area (TPSA) is 121 Å². The maximum Gasteiger partial charge on any atom is 0.293 e. The van der Waals surface area contributed by atoms with Gasteiger partial charge in [0.15, 0.2) is 5.43 Å². The van der Waals surface area contributed by atoms with E-state index in [1.165, 1.54) is 57.8 Å². The number of fused-ring (bicyclic) bond motifs is 1. The Labute approximate surface area is 309 Å². The van der Waals surface area contributed by atoms with Gasteiger partial charge in [0.25, 0.3) is 6.47 Å². The molecule has 0 bridgehead atoms.